The van der Waals surface area contributed by atoms with Crippen LogP contribution in [-0.2, 0) is 14.9 Å². The summed E-state index contributed by atoms with van der Waals surface area (Å²) in [7, 11) is -0.379. The van der Waals surface area contributed by atoms with Crippen molar-refractivity contribution in [1.82, 2.24) is 14.3 Å². The fourth-order valence-electron chi connectivity index (χ4n) is 4.13. The summed E-state index contributed by atoms with van der Waals surface area (Å²) < 4.78 is 48.0. The second kappa shape index (κ2) is 9.63. The van der Waals surface area contributed by atoms with Gasteiger partial charge in [0.15, 0.2) is 0 Å². The highest BCUT2D eigenvalue weighted by Crippen LogP contribution is 2.34. The lowest BCUT2D eigenvalue weighted by Gasteiger charge is -2.35. The van der Waals surface area contributed by atoms with E-state index in [2.05, 4.69) is 10.0 Å². The van der Waals surface area contributed by atoms with Crippen LogP contribution in [0.5, 0.6) is 0 Å². The number of nitrogens with zero attached hydrogens (tertiary/aromatic N) is 1. The molecule has 1 aromatic rings. The maximum absolute atomic E-state index is 13.4. The molecular weight excluding hydrogens is 381 g/mol. The second-order valence-corrected chi connectivity index (χ2v) is 10.0. The summed E-state index contributed by atoms with van der Waals surface area (Å²) >= 11 is 0. The maximum atomic E-state index is 13.4. The Labute approximate surface area is 168 Å². The Morgan fingerprint density at radius 3 is 2.64 bits per heavy atom. The van der Waals surface area contributed by atoms with Crippen molar-refractivity contribution >= 4 is 10.2 Å². The first-order valence-corrected chi connectivity index (χ1v) is 11.6. The Morgan fingerprint density at radius 1 is 1.21 bits per heavy atom. The highest BCUT2D eigenvalue weighted by atomic mass is 32.2. The van der Waals surface area contributed by atoms with Gasteiger partial charge in [0, 0.05) is 32.6 Å². The van der Waals surface area contributed by atoms with E-state index in [0.29, 0.717) is 12.5 Å². The molecule has 2 fully saturated rings. The van der Waals surface area contributed by atoms with Crippen LogP contribution in [-0.4, -0.2) is 58.7 Å². The van der Waals surface area contributed by atoms with Crippen LogP contribution < -0.4 is 10.0 Å². The molecule has 6 nitrogen and oxygen atoms in total. The minimum absolute atomic E-state index is 0.114. The van der Waals surface area contributed by atoms with E-state index in [1.165, 1.54) is 24.5 Å². The highest BCUT2D eigenvalue weighted by Gasteiger charge is 2.31. The van der Waals surface area contributed by atoms with Gasteiger partial charge in [-0.25, -0.2) is 4.39 Å². The van der Waals surface area contributed by atoms with E-state index in [4.69, 9.17) is 4.74 Å². The molecule has 0 spiro atoms. The van der Waals surface area contributed by atoms with Crippen LogP contribution in [0.2, 0.25) is 0 Å². The topological polar surface area (TPSA) is 70.7 Å². The molecule has 1 saturated carbocycles. The highest BCUT2D eigenvalue weighted by molar-refractivity contribution is 7.87. The molecule has 8 heteroatoms. The van der Waals surface area contributed by atoms with E-state index in [1.54, 1.807) is 12.1 Å². The lowest BCUT2D eigenvalue weighted by molar-refractivity contribution is -0.00413. The number of hydrogen-bond donors (Lipinski definition) is 2. The number of hydrogen-bond acceptors (Lipinski definition) is 4. The third-order valence-corrected chi connectivity index (χ3v) is 7.49. The molecular formula is C20H32FN3O3S. The zero-order valence-electron chi connectivity index (χ0n) is 16.7. The van der Waals surface area contributed by atoms with Gasteiger partial charge >= 0.3 is 0 Å². The summed E-state index contributed by atoms with van der Waals surface area (Å²) in [4.78, 5) is 0. The molecule has 1 heterocycles. The van der Waals surface area contributed by atoms with Gasteiger partial charge < -0.3 is 10.1 Å². The number of piperidine rings is 1. The summed E-state index contributed by atoms with van der Waals surface area (Å²) in [6.45, 7) is 2.10. The molecule has 2 atom stereocenters. The number of rotatable bonds is 7. The number of ether oxygens (including phenoxy) is 1. The van der Waals surface area contributed by atoms with E-state index in [0.717, 1.165) is 50.8 Å². The Balaban J connectivity index is 1.48. The van der Waals surface area contributed by atoms with Crippen LogP contribution in [0.1, 0.15) is 43.6 Å². The van der Waals surface area contributed by atoms with E-state index in [9.17, 15) is 12.8 Å². The lowest BCUT2D eigenvalue weighted by atomic mass is 9.82. The zero-order chi connectivity index (χ0) is 20.1. The van der Waals surface area contributed by atoms with Crippen molar-refractivity contribution in [2.24, 2.45) is 5.92 Å². The van der Waals surface area contributed by atoms with Crippen molar-refractivity contribution in [1.29, 1.82) is 0 Å². The van der Waals surface area contributed by atoms with Gasteiger partial charge in [0.25, 0.3) is 10.2 Å². The molecule has 1 aliphatic carbocycles. The summed E-state index contributed by atoms with van der Waals surface area (Å²) in [6, 6.07) is 6.79. The quantitative estimate of drug-likeness (QED) is 0.719. The Morgan fingerprint density at radius 2 is 1.96 bits per heavy atom. The average Bonchev–Trinajstić information content (AvgIpc) is 2.67. The van der Waals surface area contributed by atoms with E-state index >= 15 is 0 Å². The van der Waals surface area contributed by atoms with Crippen LogP contribution in [0.25, 0.3) is 0 Å². The molecule has 28 heavy (non-hydrogen) atoms. The van der Waals surface area contributed by atoms with Gasteiger partial charge in [-0.2, -0.15) is 17.4 Å². The molecule has 2 aliphatic rings. The summed E-state index contributed by atoms with van der Waals surface area (Å²) in [5.74, 6) is 0.336. The van der Waals surface area contributed by atoms with Crippen molar-refractivity contribution < 1.29 is 17.5 Å². The Kier molecular flexibility index (Phi) is 7.44. The first-order chi connectivity index (χ1) is 13.3. The maximum Gasteiger partial charge on any atom is 0.279 e. The van der Waals surface area contributed by atoms with Crippen molar-refractivity contribution in [3.63, 3.8) is 0 Å². The summed E-state index contributed by atoms with van der Waals surface area (Å²) in [5.41, 5.74) is 1.08. The fourth-order valence-corrected chi connectivity index (χ4v) is 5.04. The first kappa shape index (κ1) is 21.6. The molecule has 1 saturated heterocycles. The van der Waals surface area contributed by atoms with E-state index in [1.807, 2.05) is 6.07 Å². The number of halogens is 1. The molecule has 1 aliphatic heterocycles. The van der Waals surface area contributed by atoms with Crippen LogP contribution in [0.3, 0.4) is 0 Å². The van der Waals surface area contributed by atoms with Crippen LogP contribution in [0.15, 0.2) is 24.3 Å². The molecule has 0 radical (unpaired) electrons. The molecule has 158 valence electrons. The molecule has 0 bridgehead atoms. The normalized spacial score (nSPS) is 29.1. The third kappa shape index (κ3) is 5.73. The van der Waals surface area contributed by atoms with Gasteiger partial charge in [0.05, 0.1) is 12.7 Å². The van der Waals surface area contributed by atoms with Crippen LogP contribution in [0, 0.1) is 11.7 Å². The van der Waals surface area contributed by atoms with Gasteiger partial charge in [-0.05, 0) is 62.3 Å². The molecule has 0 unspecified atom stereocenters. The standard InChI is InChI=1S/C20H32FN3O3S/c1-24(2)28(25,26)23-20-10-11-22-13-17(20)14-27-19-8-6-15(7-9-19)16-4-3-5-18(21)12-16/h3-5,12,15,17,19-20,22-23H,6-11,13-14H2,1-2H3/t15?,17-,19?,20-/m0/s1. The summed E-state index contributed by atoms with van der Waals surface area (Å²) in [6.07, 6.45) is 4.84. The van der Waals surface area contributed by atoms with Gasteiger partial charge in [-0.15, -0.1) is 0 Å². The minimum Gasteiger partial charge on any atom is -0.378 e. The van der Waals surface area contributed by atoms with Crippen LogP contribution >= 0.6 is 0 Å². The first-order valence-electron chi connectivity index (χ1n) is 10.1. The lowest BCUT2D eigenvalue weighted by Crippen LogP contribution is -2.53. The average molecular weight is 414 g/mol. The monoisotopic (exact) mass is 413 g/mol. The SMILES string of the molecule is CN(C)S(=O)(=O)N[C@H]1CCNC[C@H]1COC1CCC(c2cccc(F)c2)CC1. The van der Waals surface area contributed by atoms with Gasteiger partial charge in [-0.1, -0.05) is 12.1 Å². The predicted molar refractivity (Wildman–Crippen MR) is 108 cm³/mol. The summed E-state index contributed by atoms with van der Waals surface area (Å²) in [5, 5.41) is 3.34. The van der Waals surface area contributed by atoms with Gasteiger partial charge in [0.2, 0.25) is 0 Å². The third-order valence-electron chi connectivity index (χ3n) is 5.93. The Hall–Kier alpha value is -1.06. The number of nitrogens with one attached hydrogen (secondary N) is 2. The second-order valence-electron chi connectivity index (χ2n) is 8.13. The number of benzene rings is 1. The van der Waals surface area contributed by atoms with E-state index in [-0.39, 0.29) is 23.9 Å². The van der Waals surface area contributed by atoms with Gasteiger partial charge in [0.1, 0.15) is 5.82 Å². The van der Waals surface area contributed by atoms with Crippen LogP contribution in [0.4, 0.5) is 4.39 Å². The molecule has 2 N–H and O–H groups in total. The van der Waals surface area contributed by atoms with Crippen molar-refractivity contribution in [2.75, 3.05) is 33.8 Å². The zero-order valence-corrected chi connectivity index (χ0v) is 17.6. The van der Waals surface area contributed by atoms with Gasteiger partial charge in [-0.3, -0.25) is 0 Å². The molecule has 1 aromatic carbocycles. The van der Waals surface area contributed by atoms with Crippen molar-refractivity contribution in [3.8, 4) is 0 Å². The van der Waals surface area contributed by atoms with Crippen molar-refractivity contribution in [3.05, 3.63) is 35.6 Å². The minimum atomic E-state index is -3.45. The van der Waals surface area contributed by atoms with E-state index < -0.39 is 10.2 Å². The molecule has 0 amide bonds. The molecule has 3 rings (SSSR count). The fraction of sp³-hybridized carbons (Fsp3) is 0.700. The smallest absolute Gasteiger partial charge is 0.279 e. The Bertz CT molecular complexity index is 736. The largest absolute Gasteiger partial charge is 0.378 e. The molecule has 0 aromatic heterocycles. The predicted octanol–water partition coefficient (Wildman–Crippen LogP) is 2.24. The van der Waals surface area contributed by atoms with Crippen molar-refractivity contribution in [2.45, 2.75) is 50.2 Å².